The zero-order chi connectivity index (χ0) is 22.5. The molecular weight excluding hydrogens is 523 g/mol. The molecule has 31 heavy (non-hydrogen) atoms. The Morgan fingerprint density at radius 1 is 1.06 bits per heavy atom. The number of hydrogen-bond acceptors (Lipinski definition) is 4. The Bertz CT molecular complexity index is 1010. The molecular formula is C21H21BrCl2N4O2S. The van der Waals surface area contributed by atoms with Crippen molar-refractivity contribution in [2.45, 2.75) is 13.3 Å². The fraction of sp³-hybridized carbons (Fsp3) is 0.286. The molecule has 2 aromatic carbocycles. The lowest BCUT2D eigenvalue weighted by molar-refractivity contribution is -0.131. The van der Waals surface area contributed by atoms with Gasteiger partial charge < -0.3 is 15.1 Å². The van der Waals surface area contributed by atoms with E-state index in [1.807, 2.05) is 24.0 Å². The smallest absolute Gasteiger partial charge is 0.258 e. The number of halogens is 3. The monoisotopic (exact) mass is 542 g/mol. The summed E-state index contributed by atoms with van der Waals surface area (Å²) in [5.74, 6) is -0.240. The van der Waals surface area contributed by atoms with Crippen LogP contribution in [0.25, 0.3) is 0 Å². The third-order valence-corrected chi connectivity index (χ3v) is 6.21. The van der Waals surface area contributed by atoms with Crippen LogP contribution in [0.15, 0.2) is 40.9 Å². The molecule has 0 atom stereocenters. The van der Waals surface area contributed by atoms with E-state index in [1.54, 1.807) is 24.3 Å². The predicted molar refractivity (Wildman–Crippen MR) is 133 cm³/mol. The van der Waals surface area contributed by atoms with Crippen LogP contribution in [0.2, 0.25) is 10.0 Å². The quantitative estimate of drug-likeness (QED) is 0.535. The molecule has 1 aliphatic rings. The van der Waals surface area contributed by atoms with Crippen molar-refractivity contribution >= 4 is 79.7 Å². The minimum Gasteiger partial charge on any atom is -0.367 e. The summed E-state index contributed by atoms with van der Waals surface area (Å²) in [6, 6.07) is 10.5. The van der Waals surface area contributed by atoms with Crippen LogP contribution in [-0.2, 0) is 4.79 Å². The fourth-order valence-corrected chi connectivity index (χ4v) is 4.34. The van der Waals surface area contributed by atoms with Gasteiger partial charge in [-0.2, -0.15) is 0 Å². The van der Waals surface area contributed by atoms with E-state index in [0.29, 0.717) is 40.8 Å². The van der Waals surface area contributed by atoms with Crippen molar-refractivity contribution in [3.63, 3.8) is 0 Å². The van der Waals surface area contributed by atoms with E-state index in [0.717, 1.165) is 23.2 Å². The molecule has 0 bridgehead atoms. The molecule has 0 radical (unpaired) electrons. The van der Waals surface area contributed by atoms with Crippen LogP contribution in [-0.4, -0.2) is 48.0 Å². The van der Waals surface area contributed by atoms with Gasteiger partial charge in [-0.05, 0) is 48.6 Å². The van der Waals surface area contributed by atoms with E-state index in [9.17, 15) is 9.59 Å². The Morgan fingerprint density at radius 3 is 2.42 bits per heavy atom. The average molecular weight is 544 g/mol. The minimum absolute atomic E-state index is 0.136. The highest BCUT2D eigenvalue weighted by atomic mass is 79.9. The summed E-state index contributed by atoms with van der Waals surface area (Å²) in [5, 5.41) is 6.61. The van der Waals surface area contributed by atoms with E-state index in [2.05, 4.69) is 31.5 Å². The number of amides is 2. The first-order valence-electron chi connectivity index (χ1n) is 9.68. The molecule has 2 aromatic rings. The van der Waals surface area contributed by atoms with E-state index < -0.39 is 5.91 Å². The van der Waals surface area contributed by atoms with Gasteiger partial charge in [-0.15, -0.1) is 0 Å². The van der Waals surface area contributed by atoms with Crippen molar-refractivity contribution < 1.29 is 9.59 Å². The van der Waals surface area contributed by atoms with Crippen LogP contribution in [0.4, 0.5) is 11.4 Å². The van der Waals surface area contributed by atoms with Crippen molar-refractivity contribution in [1.82, 2.24) is 10.2 Å². The molecule has 10 heteroatoms. The maximum atomic E-state index is 12.4. The molecule has 0 spiro atoms. The molecule has 1 heterocycles. The van der Waals surface area contributed by atoms with Crippen LogP contribution >= 0.6 is 51.3 Å². The van der Waals surface area contributed by atoms with Crippen molar-refractivity contribution in [2.75, 3.05) is 36.4 Å². The first kappa shape index (κ1) is 23.8. The van der Waals surface area contributed by atoms with Crippen LogP contribution in [0.3, 0.4) is 0 Å². The normalized spacial score (nSPS) is 13.7. The van der Waals surface area contributed by atoms with Gasteiger partial charge in [-0.3, -0.25) is 14.9 Å². The van der Waals surface area contributed by atoms with Gasteiger partial charge in [-0.25, -0.2) is 0 Å². The Kier molecular flexibility index (Phi) is 8.16. The van der Waals surface area contributed by atoms with Gasteiger partial charge in [0, 0.05) is 42.8 Å². The van der Waals surface area contributed by atoms with Gasteiger partial charge in [0.25, 0.3) is 5.91 Å². The van der Waals surface area contributed by atoms with Gasteiger partial charge in [-0.1, -0.05) is 46.1 Å². The summed E-state index contributed by atoms with van der Waals surface area (Å²) in [4.78, 5) is 28.3. The molecule has 0 saturated carbocycles. The Balaban J connectivity index is 1.60. The van der Waals surface area contributed by atoms with Crippen molar-refractivity contribution in [1.29, 1.82) is 0 Å². The predicted octanol–water partition coefficient (Wildman–Crippen LogP) is 4.94. The number of nitrogens with zero attached hydrogens (tertiary/aromatic N) is 2. The molecule has 0 aromatic heterocycles. The van der Waals surface area contributed by atoms with Crippen molar-refractivity contribution in [2.24, 2.45) is 0 Å². The third kappa shape index (κ3) is 6.10. The number of rotatable bonds is 4. The zero-order valence-corrected chi connectivity index (χ0v) is 20.7. The number of hydrogen-bond donors (Lipinski definition) is 2. The van der Waals surface area contributed by atoms with Crippen LogP contribution < -0.4 is 15.5 Å². The largest absolute Gasteiger partial charge is 0.367 e. The summed E-state index contributed by atoms with van der Waals surface area (Å²) >= 11 is 21.2. The first-order chi connectivity index (χ1) is 14.8. The summed E-state index contributed by atoms with van der Waals surface area (Å²) in [7, 11) is 0. The van der Waals surface area contributed by atoms with Crippen LogP contribution in [0.1, 0.15) is 23.7 Å². The summed E-state index contributed by atoms with van der Waals surface area (Å²) in [5.41, 5.74) is 1.86. The highest BCUT2D eigenvalue weighted by molar-refractivity contribution is 9.10. The third-order valence-electron chi connectivity index (χ3n) is 4.88. The molecule has 1 fully saturated rings. The van der Waals surface area contributed by atoms with Crippen LogP contribution in [0.5, 0.6) is 0 Å². The van der Waals surface area contributed by atoms with Gasteiger partial charge in [0.1, 0.15) is 0 Å². The second-order valence-corrected chi connectivity index (χ2v) is 9.06. The van der Waals surface area contributed by atoms with E-state index in [4.69, 9.17) is 35.4 Å². The molecule has 164 valence electrons. The molecule has 2 N–H and O–H groups in total. The topological polar surface area (TPSA) is 64.7 Å². The number of nitrogens with one attached hydrogen (secondary N) is 2. The number of carbonyl (C=O) groups excluding carboxylic acids is 2. The minimum atomic E-state index is -0.411. The van der Waals surface area contributed by atoms with Crippen molar-refractivity contribution in [3.8, 4) is 0 Å². The lowest BCUT2D eigenvalue weighted by Crippen LogP contribution is -2.48. The van der Waals surface area contributed by atoms with Crippen molar-refractivity contribution in [3.05, 3.63) is 56.5 Å². The molecule has 1 saturated heterocycles. The Labute approximate surface area is 205 Å². The molecule has 6 nitrogen and oxygen atoms in total. The lowest BCUT2D eigenvalue weighted by atomic mass is 10.2. The van der Waals surface area contributed by atoms with E-state index >= 15 is 0 Å². The summed E-state index contributed by atoms with van der Waals surface area (Å²) in [6.45, 7) is 4.67. The molecule has 1 aliphatic heterocycles. The lowest BCUT2D eigenvalue weighted by Gasteiger charge is -2.36. The number of piperazine rings is 1. The average Bonchev–Trinajstić information content (AvgIpc) is 2.75. The second kappa shape index (κ2) is 10.6. The summed E-state index contributed by atoms with van der Waals surface area (Å²) < 4.78 is 0.739. The number of carbonyl (C=O) groups is 2. The zero-order valence-electron chi connectivity index (χ0n) is 16.8. The fourth-order valence-electron chi connectivity index (χ4n) is 3.27. The standard InChI is InChI=1S/C21H21BrCl2N4O2S/c1-2-19(29)28-9-7-27(8-10-28)18-6-4-14(12-17(18)24)25-21(31)26-20(30)15-11-13(22)3-5-16(15)23/h3-6,11-12H,2,7-10H2,1H3,(H2,25,26,30,31). The van der Waals surface area contributed by atoms with Gasteiger partial charge in [0.2, 0.25) is 5.91 Å². The highest BCUT2D eigenvalue weighted by Crippen LogP contribution is 2.30. The van der Waals surface area contributed by atoms with Gasteiger partial charge >= 0.3 is 0 Å². The number of thiocarbonyl (C=S) groups is 1. The number of benzene rings is 2. The van der Waals surface area contributed by atoms with Crippen LogP contribution in [0, 0.1) is 0 Å². The Morgan fingerprint density at radius 2 is 1.77 bits per heavy atom. The molecule has 0 aliphatic carbocycles. The molecule has 0 unspecified atom stereocenters. The maximum absolute atomic E-state index is 12.4. The van der Waals surface area contributed by atoms with Gasteiger partial charge in [0.05, 0.1) is 21.3 Å². The second-order valence-electron chi connectivity index (χ2n) is 6.92. The first-order valence-corrected chi connectivity index (χ1v) is 11.6. The molecule has 3 rings (SSSR count). The number of anilines is 2. The molecule has 2 amide bonds. The highest BCUT2D eigenvalue weighted by Gasteiger charge is 2.21. The maximum Gasteiger partial charge on any atom is 0.258 e. The van der Waals surface area contributed by atoms with Gasteiger partial charge in [0.15, 0.2) is 5.11 Å². The van der Waals surface area contributed by atoms with E-state index in [-0.39, 0.29) is 11.0 Å². The Hall–Kier alpha value is -1.87. The SMILES string of the molecule is CCC(=O)N1CCN(c2ccc(NC(=S)NC(=O)c3cc(Br)ccc3Cl)cc2Cl)CC1. The van der Waals surface area contributed by atoms with E-state index in [1.165, 1.54) is 0 Å². The summed E-state index contributed by atoms with van der Waals surface area (Å²) in [6.07, 6.45) is 0.519.